The van der Waals surface area contributed by atoms with Crippen molar-refractivity contribution in [2.45, 2.75) is 38.6 Å². The van der Waals surface area contributed by atoms with Crippen molar-refractivity contribution in [3.05, 3.63) is 60.2 Å². The summed E-state index contributed by atoms with van der Waals surface area (Å²) in [6.45, 7) is 3.75. The molecule has 176 valence electrons. The van der Waals surface area contributed by atoms with Gasteiger partial charge in [-0.05, 0) is 37.5 Å². The van der Waals surface area contributed by atoms with E-state index < -0.39 is 0 Å². The van der Waals surface area contributed by atoms with Crippen LogP contribution in [0, 0.1) is 0 Å². The van der Waals surface area contributed by atoms with Gasteiger partial charge in [0.15, 0.2) is 6.61 Å². The lowest BCUT2D eigenvalue weighted by Crippen LogP contribution is -2.35. The molecule has 8 nitrogen and oxygen atoms in total. The quantitative estimate of drug-likeness (QED) is 0.514. The van der Waals surface area contributed by atoms with Gasteiger partial charge in [0.05, 0.1) is 6.04 Å². The summed E-state index contributed by atoms with van der Waals surface area (Å²) in [5.74, 6) is 0.404. The van der Waals surface area contributed by atoms with Crippen LogP contribution in [0.25, 0.3) is 0 Å². The predicted molar refractivity (Wildman–Crippen MR) is 127 cm³/mol. The van der Waals surface area contributed by atoms with E-state index in [1.165, 1.54) is 0 Å². The van der Waals surface area contributed by atoms with Crippen molar-refractivity contribution in [2.24, 2.45) is 0 Å². The number of carbonyl (C=O) groups excluding carboxylic acids is 3. The van der Waals surface area contributed by atoms with Crippen molar-refractivity contribution in [1.29, 1.82) is 0 Å². The van der Waals surface area contributed by atoms with E-state index in [1.54, 1.807) is 12.1 Å². The first kappa shape index (κ1) is 24.1. The molecule has 1 aliphatic heterocycles. The number of anilines is 1. The molecule has 0 aromatic heterocycles. The van der Waals surface area contributed by atoms with Gasteiger partial charge in [0.1, 0.15) is 5.75 Å². The molecule has 1 heterocycles. The SMILES string of the molecule is CCC(NC(=O)CCNC(=O)Nc1ccccc1)c1ccccc1OCC(=O)N1CCCC1. The molecular weight excluding hydrogens is 420 g/mol. The summed E-state index contributed by atoms with van der Waals surface area (Å²) < 4.78 is 5.84. The Kier molecular flexibility index (Phi) is 9.11. The summed E-state index contributed by atoms with van der Waals surface area (Å²) in [6, 6.07) is 15.9. The number of likely N-dealkylation sites (tertiary alicyclic amines) is 1. The average Bonchev–Trinajstić information content (AvgIpc) is 3.37. The summed E-state index contributed by atoms with van der Waals surface area (Å²) in [5, 5.41) is 8.40. The second-order valence-corrected chi connectivity index (χ2v) is 7.94. The third-order valence-corrected chi connectivity index (χ3v) is 5.52. The molecule has 1 aliphatic rings. The number of amides is 4. The van der Waals surface area contributed by atoms with Crippen LogP contribution in [0.2, 0.25) is 0 Å². The van der Waals surface area contributed by atoms with Crippen LogP contribution in [0.5, 0.6) is 5.75 Å². The maximum Gasteiger partial charge on any atom is 0.319 e. The molecule has 1 unspecified atom stereocenters. The van der Waals surface area contributed by atoms with Gasteiger partial charge in [-0.25, -0.2) is 4.79 Å². The molecule has 2 aromatic rings. The van der Waals surface area contributed by atoms with E-state index >= 15 is 0 Å². The van der Waals surface area contributed by atoms with E-state index in [9.17, 15) is 14.4 Å². The van der Waals surface area contributed by atoms with Crippen molar-refractivity contribution in [2.75, 3.05) is 31.6 Å². The highest BCUT2D eigenvalue weighted by atomic mass is 16.5. The lowest BCUT2D eigenvalue weighted by molar-refractivity contribution is -0.132. The molecular formula is C25H32N4O4. The highest BCUT2D eigenvalue weighted by Crippen LogP contribution is 2.27. The zero-order valence-electron chi connectivity index (χ0n) is 19.0. The van der Waals surface area contributed by atoms with E-state index in [4.69, 9.17) is 4.74 Å². The van der Waals surface area contributed by atoms with E-state index in [1.807, 2.05) is 54.3 Å². The Labute approximate surface area is 194 Å². The number of nitrogens with one attached hydrogen (secondary N) is 3. The largest absolute Gasteiger partial charge is 0.483 e. The fraction of sp³-hybridized carbons (Fsp3) is 0.400. The number of rotatable bonds is 10. The van der Waals surface area contributed by atoms with Gasteiger partial charge in [-0.3, -0.25) is 9.59 Å². The Bertz CT molecular complexity index is 929. The van der Waals surface area contributed by atoms with Crippen LogP contribution in [0.15, 0.2) is 54.6 Å². The lowest BCUT2D eigenvalue weighted by Gasteiger charge is -2.22. The minimum Gasteiger partial charge on any atom is -0.483 e. The molecule has 2 aromatic carbocycles. The van der Waals surface area contributed by atoms with Crippen LogP contribution in [0.3, 0.4) is 0 Å². The summed E-state index contributed by atoms with van der Waals surface area (Å²) in [7, 11) is 0. The Morgan fingerprint density at radius 3 is 2.42 bits per heavy atom. The number of carbonyl (C=O) groups is 3. The Balaban J connectivity index is 1.47. The second-order valence-electron chi connectivity index (χ2n) is 7.94. The number of benzene rings is 2. The summed E-state index contributed by atoms with van der Waals surface area (Å²) in [4.78, 5) is 38.6. The summed E-state index contributed by atoms with van der Waals surface area (Å²) in [6.07, 6.45) is 2.88. The van der Waals surface area contributed by atoms with Gasteiger partial charge in [-0.1, -0.05) is 43.3 Å². The normalized spacial score (nSPS) is 13.8. The molecule has 0 aliphatic carbocycles. The Morgan fingerprint density at radius 1 is 1.00 bits per heavy atom. The summed E-state index contributed by atoms with van der Waals surface area (Å²) >= 11 is 0. The third-order valence-electron chi connectivity index (χ3n) is 5.52. The van der Waals surface area contributed by atoms with E-state index in [-0.39, 0.29) is 43.5 Å². The number of hydrogen-bond acceptors (Lipinski definition) is 4. The van der Waals surface area contributed by atoms with Crippen molar-refractivity contribution in [1.82, 2.24) is 15.5 Å². The van der Waals surface area contributed by atoms with Gasteiger partial charge >= 0.3 is 6.03 Å². The standard InChI is InChI=1S/C25H32N4O4/c1-2-21(28-23(30)14-15-26-25(32)27-19-10-4-3-5-11-19)20-12-6-7-13-22(20)33-18-24(31)29-16-8-9-17-29/h3-7,10-13,21H,2,8-9,14-18H2,1H3,(H,28,30)(H2,26,27,32). The molecule has 3 N–H and O–H groups in total. The van der Waals surface area contributed by atoms with Crippen LogP contribution in [0.1, 0.15) is 44.2 Å². The van der Waals surface area contributed by atoms with Crippen molar-refractivity contribution < 1.29 is 19.1 Å². The molecule has 4 amide bonds. The molecule has 33 heavy (non-hydrogen) atoms. The number of nitrogens with zero attached hydrogens (tertiary/aromatic N) is 1. The maximum atomic E-state index is 12.5. The fourth-order valence-electron chi connectivity index (χ4n) is 3.75. The summed E-state index contributed by atoms with van der Waals surface area (Å²) in [5.41, 5.74) is 1.52. The van der Waals surface area contributed by atoms with E-state index in [0.717, 1.165) is 31.5 Å². The first-order chi connectivity index (χ1) is 16.1. The molecule has 1 atom stereocenters. The second kappa shape index (κ2) is 12.5. The molecule has 0 radical (unpaired) electrons. The van der Waals surface area contributed by atoms with Gasteiger partial charge in [0, 0.05) is 37.3 Å². The average molecular weight is 453 g/mol. The molecule has 8 heteroatoms. The lowest BCUT2D eigenvalue weighted by atomic mass is 10.0. The Hall–Kier alpha value is -3.55. The minimum atomic E-state index is -0.359. The molecule has 0 saturated carbocycles. The molecule has 0 bridgehead atoms. The van der Waals surface area contributed by atoms with Gasteiger partial charge < -0.3 is 25.6 Å². The first-order valence-electron chi connectivity index (χ1n) is 11.5. The van der Waals surface area contributed by atoms with Gasteiger partial charge in [0.2, 0.25) is 5.91 Å². The van der Waals surface area contributed by atoms with Crippen molar-refractivity contribution >= 4 is 23.5 Å². The van der Waals surface area contributed by atoms with Crippen molar-refractivity contribution in [3.8, 4) is 5.75 Å². The van der Waals surface area contributed by atoms with E-state index in [2.05, 4.69) is 16.0 Å². The predicted octanol–water partition coefficient (Wildman–Crippen LogP) is 3.47. The number of ether oxygens (including phenoxy) is 1. The topological polar surface area (TPSA) is 99.8 Å². The zero-order chi connectivity index (χ0) is 23.5. The number of para-hydroxylation sites is 2. The zero-order valence-corrected chi connectivity index (χ0v) is 19.0. The fourth-order valence-corrected chi connectivity index (χ4v) is 3.75. The smallest absolute Gasteiger partial charge is 0.319 e. The molecule has 1 saturated heterocycles. The third kappa shape index (κ3) is 7.52. The van der Waals surface area contributed by atoms with Gasteiger partial charge in [0.25, 0.3) is 5.91 Å². The number of urea groups is 1. The van der Waals surface area contributed by atoms with Crippen LogP contribution in [-0.2, 0) is 9.59 Å². The number of hydrogen-bond donors (Lipinski definition) is 3. The van der Waals surface area contributed by atoms with Crippen LogP contribution < -0.4 is 20.7 Å². The molecule has 0 spiro atoms. The van der Waals surface area contributed by atoms with Crippen LogP contribution >= 0.6 is 0 Å². The van der Waals surface area contributed by atoms with Gasteiger partial charge in [-0.15, -0.1) is 0 Å². The molecule has 3 rings (SSSR count). The molecule has 1 fully saturated rings. The van der Waals surface area contributed by atoms with Crippen molar-refractivity contribution in [3.63, 3.8) is 0 Å². The monoisotopic (exact) mass is 452 g/mol. The van der Waals surface area contributed by atoms with Crippen LogP contribution in [0.4, 0.5) is 10.5 Å². The van der Waals surface area contributed by atoms with Crippen LogP contribution in [-0.4, -0.2) is 49.0 Å². The highest BCUT2D eigenvalue weighted by molar-refractivity contribution is 5.89. The Morgan fingerprint density at radius 2 is 1.70 bits per heavy atom. The minimum absolute atomic E-state index is 0.0121. The van der Waals surface area contributed by atoms with E-state index in [0.29, 0.717) is 17.9 Å². The maximum absolute atomic E-state index is 12.5. The first-order valence-corrected chi connectivity index (χ1v) is 11.5. The highest BCUT2D eigenvalue weighted by Gasteiger charge is 2.21. The van der Waals surface area contributed by atoms with Gasteiger partial charge in [-0.2, -0.15) is 0 Å².